The maximum Gasteiger partial charge on any atom is 0.346 e. The average Bonchev–Trinajstić information content (AvgIpc) is 2.48. The van der Waals surface area contributed by atoms with E-state index in [0.717, 1.165) is 0 Å². The van der Waals surface area contributed by atoms with Gasteiger partial charge in [0, 0.05) is 12.1 Å². The van der Waals surface area contributed by atoms with E-state index in [-0.39, 0.29) is 6.03 Å². The number of para-hydroxylation sites is 1. The molecule has 0 bridgehead atoms. The number of aliphatic hydroxyl groups is 1. The van der Waals surface area contributed by atoms with Gasteiger partial charge in [-0.3, -0.25) is 0 Å². The van der Waals surface area contributed by atoms with Crippen molar-refractivity contribution in [1.82, 2.24) is 5.06 Å². The Morgan fingerprint density at radius 1 is 1.33 bits per heavy atom. The molecule has 5 nitrogen and oxygen atoms in total. The van der Waals surface area contributed by atoms with Crippen LogP contribution in [-0.2, 0) is 4.84 Å². The van der Waals surface area contributed by atoms with E-state index in [2.05, 4.69) is 5.32 Å². The van der Waals surface area contributed by atoms with Crippen LogP contribution in [0, 0.1) is 0 Å². The number of amides is 2. The largest absolute Gasteiger partial charge is 0.364 e. The van der Waals surface area contributed by atoms with Crippen molar-refractivity contribution in [2.45, 2.75) is 38.5 Å². The van der Waals surface area contributed by atoms with Crippen LogP contribution in [0.5, 0.6) is 0 Å². The summed E-state index contributed by atoms with van der Waals surface area (Å²) in [5, 5.41) is 13.8. The van der Waals surface area contributed by atoms with Gasteiger partial charge in [-0.05, 0) is 32.9 Å². The molecule has 1 saturated heterocycles. The van der Waals surface area contributed by atoms with Crippen molar-refractivity contribution in [3.8, 4) is 0 Å². The van der Waals surface area contributed by atoms with Crippen molar-refractivity contribution in [1.29, 1.82) is 0 Å². The molecule has 1 heterocycles. The van der Waals surface area contributed by atoms with Crippen LogP contribution in [0.1, 0.15) is 27.2 Å². The van der Waals surface area contributed by atoms with Crippen molar-refractivity contribution < 1.29 is 14.7 Å². The van der Waals surface area contributed by atoms with E-state index in [1.54, 1.807) is 19.1 Å². The Balaban J connectivity index is 2.10. The molecule has 1 aliphatic rings. The quantitative estimate of drug-likeness (QED) is 0.804. The predicted octanol–water partition coefficient (Wildman–Crippen LogP) is 2.34. The zero-order valence-corrected chi connectivity index (χ0v) is 10.8. The number of hydrogen-bond donors (Lipinski definition) is 2. The molecule has 2 rings (SSSR count). The lowest BCUT2D eigenvalue weighted by atomic mass is 9.97. The molecule has 0 spiro atoms. The highest BCUT2D eigenvalue weighted by atomic mass is 16.8. The van der Waals surface area contributed by atoms with Gasteiger partial charge in [0.2, 0.25) is 0 Å². The van der Waals surface area contributed by atoms with Crippen LogP contribution in [0.15, 0.2) is 30.3 Å². The minimum Gasteiger partial charge on any atom is -0.364 e. The van der Waals surface area contributed by atoms with Crippen LogP contribution in [-0.4, -0.2) is 27.5 Å². The van der Waals surface area contributed by atoms with E-state index in [9.17, 15) is 9.90 Å². The first-order valence-corrected chi connectivity index (χ1v) is 5.88. The summed E-state index contributed by atoms with van der Waals surface area (Å²) in [6.45, 7) is 5.24. The molecule has 0 aliphatic carbocycles. The van der Waals surface area contributed by atoms with Crippen molar-refractivity contribution >= 4 is 11.7 Å². The second kappa shape index (κ2) is 4.26. The van der Waals surface area contributed by atoms with Gasteiger partial charge in [0.1, 0.15) is 0 Å². The second-order valence-electron chi connectivity index (χ2n) is 5.35. The summed E-state index contributed by atoms with van der Waals surface area (Å²) < 4.78 is 0. The Morgan fingerprint density at radius 2 is 1.94 bits per heavy atom. The summed E-state index contributed by atoms with van der Waals surface area (Å²) in [7, 11) is 0. The van der Waals surface area contributed by atoms with Crippen LogP contribution in [0.25, 0.3) is 0 Å². The number of rotatable bonds is 1. The predicted molar refractivity (Wildman–Crippen MR) is 67.7 cm³/mol. The van der Waals surface area contributed by atoms with Gasteiger partial charge < -0.3 is 10.4 Å². The lowest BCUT2D eigenvalue weighted by Crippen LogP contribution is -2.44. The summed E-state index contributed by atoms with van der Waals surface area (Å²) in [4.78, 5) is 17.4. The van der Waals surface area contributed by atoms with E-state index in [1.807, 2.05) is 32.0 Å². The molecule has 0 saturated carbocycles. The van der Waals surface area contributed by atoms with E-state index in [0.29, 0.717) is 12.1 Å². The zero-order valence-electron chi connectivity index (χ0n) is 10.8. The molecular weight excluding hydrogens is 232 g/mol. The third-order valence-corrected chi connectivity index (χ3v) is 2.81. The lowest BCUT2D eigenvalue weighted by molar-refractivity contribution is -0.256. The smallest absolute Gasteiger partial charge is 0.346 e. The van der Waals surface area contributed by atoms with E-state index in [1.165, 1.54) is 5.06 Å². The first kappa shape index (κ1) is 12.9. The molecule has 1 atom stereocenters. The molecule has 1 fully saturated rings. The Morgan fingerprint density at radius 3 is 2.44 bits per heavy atom. The van der Waals surface area contributed by atoms with E-state index in [4.69, 9.17) is 4.84 Å². The number of benzene rings is 1. The Hall–Kier alpha value is -1.59. The second-order valence-corrected chi connectivity index (χ2v) is 5.35. The fraction of sp³-hybridized carbons (Fsp3) is 0.462. The van der Waals surface area contributed by atoms with Crippen molar-refractivity contribution in [2.24, 2.45) is 0 Å². The number of hydroxylamine groups is 2. The van der Waals surface area contributed by atoms with Crippen LogP contribution < -0.4 is 5.32 Å². The fourth-order valence-corrected chi connectivity index (χ4v) is 2.24. The highest BCUT2D eigenvalue weighted by molar-refractivity contribution is 5.89. The van der Waals surface area contributed by atoms with E-state index >= 15 is 0 Å². The molecule has 98 valence electrons. The molecule has 0 radical (unpaired) electrons. The molecule has 5 heteroatoms. The number of nitrogens with zero attached hydrogens (tertiary/aromatic N) is 1. The molecule has 2 amide bonds. The maximum absolute atomic E-state index is 12.1. The summed E-state index contributed by atoms with van der Waals surface area (Å²) in [6.07, 6.45) is 0.363. The zero-order chi connectivity index (χ0) is 13.4. The number of nitrogens with one attached hydrogen (secondary N) is 1. The van der Waals surface area contributed by atoms with Crippen LogP contribution in [0.4, 0.5) is 10.5 Å². The first-order valence-electron chi connectivity index (χ1n) is 5.88. The fourth-order valence-electron chi connectivity index (χ4n) is 2.24. The van der Waals surface area contributed by atoms with Crippen LogP contribution in [0.3, 0.4) is 0 Å². The summed E-state index contributed by atoms with van der Waals surface area (Å²) in [6, 6.07) is 8.74. The molecular formula is C13H18N2O3. The van der Waals surface area contributed by atoms with Gasteiger partial charge in [0.05, 0.1) is 5.54 Å². The van der Waals surface area contributed by atoms with Gasteiger partial charge in [-0.25, -0.2) is 9.63 Å². The molecule has 2 N–H and O–H groups in total. The molecule has 1 aromatic carbocycles. The highest BCUT2D eigenvalue weighted by Crippen LogP contribution is 2.36. The number of hydrogen-bond acceptors (Lipinski definition) is 3. The van der Waals surface area contributed by atoms with Gasteiger partial charge in [-0.2, -0.15) is 5.06 Å². The summed E-state index contributed by atoms with van der Waals surface area (Å²) in [5.74, 6) is -1.31. The van der Waals surface area contributed by atoms with Gasteiger partial charge in [-0.1, -0.05) is 18.2 Å². The third kappa shape index (κ3) is 2.63. The molecule has 18 heavy (non-hydrogen) atoms. The average molecular weight is 250 g/mol. The highest BCUT2D eigenvalue weighted by Gasteiger charge is 2.49. The topological polar surface area (TPSA) is 61.8 Å². The maximum atomic E-state index is 12.1. The molecule has 1 aromatic rings. The first-order chi connectivity index (χ1) is 8.30. The van der Waals surface area contributed by atoms with Gasteiger partial charge >= 0.3 is 6.03 Å². The third-order valence-electron chi connectivity index (χ3n) is 2.81. The number of carbonyl (C=O) groups excluding carboxylic acids is 1. The number of anilines is 1. The minimum atomic E-state index is -1.31. The van der Waals surface area contributed by atoms with Crippen molar-refractivity contribution in [3.05, 3.63) is 30.3 Å². The Labute approximate surface area is 106 Å². The Kier molecular flexibility index (Phi) is 3.04. The minimum absolute atomic E-state index is 0.363. The van der Waals surface area contributed by atoms with Gasteiger partial charge in [0.25, 0.3) is 0 Å². The van der Waals surface area contributed by atoms with E-state index < -0.39 is 11.3 Å². The number of urea groups is 1. The van der Waals surface area contributed by atoms with Crippen molar-refractivity contribution in [3.63, 3.8) is 0 Å². The van der Waals surface area contributed by atoms with Crippen LogP contribution in [0.2, 0.25) is 0 Å². The SMILES string of the molecule is CC1(C)C[C@](C)(O)ON1C(=O)Nc1ccccc1. The number of carbonyl (C=O) groups is 1. The summed E-state index contributed by atoms with van der Waals surface area (Å²) in [5.41, 5.74) is 0.135. The van der Waals surface area contributed by atoms with Gasteiger partial charge in [-0.15, -0.1) is 0 Å². The Bertz CT molecular complexity index is 443. The standard InChI is InChI=1S/C13H18N2O3/c1-12(2)9-13(3,17)18-15(12)11(16)14-10-7-5-4-6-8-10/h4-8,17H,9H2,1-3H3,(H,14,16)/t13-/m1/s1. The summed E-state index contributed by atoms with van der Waals surface area (Å²) >= 11 is 0. The van der Waals surface area contributed by atoms with Gasteiger partial charge in [0.15, 0.2) is 5.79 Å². The molecule has 0 aromatic heterocycles. The van der Waals surface area contributed by atoms with Crippen LogP contribution >= 0.6 is 0 Å². The lowest BCUT2D eigenvalue weighted by Gasteiger charge is -2.28. The molecule has 1 aliphatic heterocycles. The normalized spacial score (nSPS) is 26.1. The van der Waals surface area contributed by atoms with Crippen molar-refractivity contribution in [2.75, 3.05) is 5.32 Å². The molecule has 0 unspecified atom stereocenters. The monoisotopic (exact) mass is 250 g/mol.